The Morgan fingerprint density at radius 3 is 2.64 bits per heavy atom. The van der Waals surface area contributed by atoms with Crippen molar-refractivity contribution in [2.24, 2.45) is 11.0 Å². The summed E-state index contributed by atoms with van der Waals surface area (Å²) in [5, 5.41) is 11.8. The van der Waals surface area contributed by atoms with E-state index in [1.54, 1.807) is 0 Å². The van der Waals surface area contributed by atoms with Crippen LogP contribution in [0.15, 0.2) is 29.4 Å². The summed E-state index contributed by atoms with van der Waals surface area (Å²) in [7, 11) is 0. The Morgan fingerprint density at radius 1 is 1.32 bits per heavy atom. The van der Waals surface area contributed by atoms with Crippen LogP contribution in [0, 0.1) is 12.5 Å². The molecule has 144 valence electrons. The van der Waals surface area contributed by atoms with Crippen molar-refractivity contribution in [2.45, 2.75) is 40.0 Å². The predicted molar refractivity (Wildman–Crippen MR) is 113 cm³/mol. The van der Waals surface area contributed by atoms with Crippen molar-refractivity contribution in [1.29, 1.82) is 0 Å². The summed E-state index contributed by atoms with van der Waals surface area (Å²) in [4.78, 5) is 21.0. The summed E-state index contributed by atoms with van der Waals surface area (Å²) >= 11 is 1.35. The SMILES string of the molecule is [C-]#[N+]c1c(NN=C(C(=O)c2nc3ccccc3s2)C(C)C)n[nH]c1C(C)(C)C. The number of H-pyrrole nitrogens is 1. The minimum absolute atomic E-state index is 0.121. The summed E-state index contributed by atoms with van der Waals surface area (Å²) in [6, 6.07) is 7.64. The average molecular weight is 395 g/mol. The maximum Gasteiger partial charge on any atom is 0.252 e. The van der Waals surface area contributed by atoms with Crippen molar-refractivity contribution in [3.8, 4) is 0 Å². The molecule has 0 radical (unpaired) electrons. The lowest BCUT2D eigenvalue weighted by atomic mass is 9.91. The molecule has 2 N–H and O–H groups in total. The second kappa shape index (κ2) is 7.52. The number of hydrogen-bond acceptors (Lipinski definition) is 6. The molecule has 3 rings (SSSR count). The first-order valence-corrected chi connectivity index (χ1v) is 9.74. The van der Waals surface area contributed by atoms with E-state index in [1.807, 2.05) is 58.9 Å². The molecular weight excluding hydrogens is 372 g/mol. The topological polar surface area (TPSA) is 87.4 Å². The Bertz CT molecular complexity index is 1060. The van der Waals surface area contributed by atoms with Crippen molar-refractivity contribution in [3.05, 3.63) is 46.4 Å². The third-order valence-electron chi connectivity index (χ3n) is 4.15. The second-order valence-electron chi connectivity index (χ2n) is 7.74. The van der Waals surface area contributed by atoms with Gasteiger partial charge in [0.2, 0.25) is 5.78 Å². The van der Waals surface area contributed by atoms with Crippen molar-refractivity contribution < 1.29 is 4.79 Å². The number of hydrogen-bond donors (Lipinski definition) is 2. The van der Waals surface area contributed by atoms with E-state index in [1.165, 1.54) is 11.3 Å². The number of carbonyl (C=O) groups excluding carboxylic acids is 1. The minimum Gasteiger partial charge on any atom is -0.292 e. The van der Waals surface area contributed by atoms with Crippen LogP contribution in [0.4, 0.5) is 11.5 Å². The number of anilines is 1. The number of fused-ring (bicyclic) bond motifs is 1. The normalized spacial score (nSPS) is 12.4. The fourth-order valence-electron chi connectivity index (χ4n) is 2.68. The number of aromatic amines is 1. The zero-order valence-electron chi connectivity index (χ0n) is 16.5. The number of aromatic nitrogens is 3. The van der Waals surface area contributed by atoms with Gasteiger partial charge in [-0.1, -0.05) is 46.8 Å². The lowest BCUT2D eigenvalue weighted by Crippen LogP contribution is -2.21. The number of carbonyl (C=O) groups is 1. The quantitative estimate of drug-likeness (QED) is 0.270. The molecule has 0 aliphatic heterocycles. The van der Waals surface area contributed by atoms with Gasteiger partial charge in [0.1, 0.15) is 5.71 Å². The summed E-state index contributed by atoms with van der Waals surface area (Å²) in [5.41, 5.74) is 4.80. The highest BCUT2D eigenvalue weighted by Gasteiger charge is 2.25. The van der Waals surface area contributed by atoms with E-state index in [4.69, 9.17) is 6.57 Å². The van der Waals surface area contributed by atoms with Crippen LogP contribution in [0.25, 0.3) is 15.1 Å². The molecule has 0 aliphatic rings. The second-order valence-corrected chi connectivity index (χ2v) is 8.77. The van der Waals surface area contributed by atoms with Crippen LogP contribution in [-0.2, 0) is 5.41 Å². The third-order valence-corrected chi connectivity index (χ3v) is 5.19. The molecule has 7 nitrogen and oxygen atoms in total. The average Bonchev–Trinajstić information content (AvgIpc) is 3.24. The van der Waals surface area contributed by atoms with Gasteiger partial charge in [0.15, 0.2) is 10.8 Å². The molecule has 0 spiro atoms. The first-order chi connectivity index (χ1) is 13.2. The lowest BCUT2D eigenvalue weighted by molar-refractivity contribution is 0.106. The number of thiazole rings is 1. The Balaban J connectivity index is 1.93. The molecule has 2 aromatic heterocycles. The van der Waals surface area contributed by atoms with Gasteiger partial charge in [-0.2, -0.15) is 10.2 Å². The molecule has 1 aromatic carbocycles. The molecule has 28 heavy (non-hydrogen) atoms. The van der Waals surface area contributed by atoms with Crippen LogP contribution >= 0.6 is 11.3 Å². The van der Waals surface area contributed by atoms with E-state index in [-0.39, 0.29) is 17.1 Å². The van der Waals surface area contributed by atoms with Gasteiger partial charge in [-0.15, -0.1) is 11.3 Å². The van der Waals surface area contributed by atoms with Crippen LogP contribution in [0.5, 0.6) is 0 Å². The Kier molecular flexibility index (Phi) is 5.29. The number of nitrogens with one attached hydrogen (secondary N) is 2. The van der Waals surface area contributed by atoms with Crippen molar-refractivity contribution in [3.63, 3.8) is 0 Å². The van der Waals surface area contributed by atoms with Crippen LogP contribution in [0.1, 0.15) is 50.1 Å². The van der Waals surface area contributed by atoms with Gasteiger partial charge in [0.25, 0.3) is 5.69 Å². The van der Waals surface area contributed by atoms with Crippen LogP contribution < -0.4 is 5.43 Å². The largest absolute Gasteiger partial charge is 0.292 e. The highest BCUT2D eigenvalue weighted by Crippen LogP contribution is 2.35. The number of para-hydroxylation sites is 1. The van der Waals surface area contributed by atoms with Gasteiger partial charge < -0.3 is 0 Å². The first kappa shape index (κ1) is 19.7. The fourth-order valence-corrected chi connectivity index (χ4v) is 3.59. The molecule has 0 fully saturated rings. The molecule has 0 amide bonds. The third kappa shape index (κ3) is 3.80. The van der Waals surface area contributed by atoms with E-state index >= 15 is 0 Å². The number of benzene rings is 1. The summed E-state index contributed by atoms with van der Waals surface area (Å²) in [6.45, 7) is 17.3. The zero-order chi connectivity index (χ0) is 20.5. The molecule has 0 aliphatic carbocycles. The van der Waals surface area contributed by atoms with Crippen molar-refractivity contribution >= 4 is 44.6 Å². The van der Waals surface area contributed by atoms with Crippen LogP contribution in [0.3, 0.4) is 0 Å². The molecular formula is C20H22N6OS. The number of ketones is 1. The molecule has 0 saturated carbocycles. The lowest BCUT2D eigenvalue weighted by Gasteiger charge is -2.16. The van der Waals surface area contributed by atoms with E-state index < -0.39 is 0 Å². The van der Waals surface area contributed by atoms with Gasteiger partial charge >= 0.3 is 0 Å². The number of Topliss-reactive ketones (excluding diaryl/α,β-unsaturated/α-hetero) is 1. The predicted octanol–water partition coefficient (Wildman–Crippen LogP) is 5.17. The van der Waals surface area contributed by atoms with Crippen molar-refractivity contribution in [1.82, 2.24) is 15.2 Å². The van der Waals surface area contributed by atoms with Gasteiger partial charge in [-0.25, -0.2) is 9.83 Å². The summed E-state index contributed by atoms with van der Waals surface area (Å²) < 4.78 is 0.958. The van der Waals surface area contributed by atoms with E-state index in [9.17, 15) is 4.79 Å². The van der Waals surface area contributed by atoms with Gasteiger partial charge in [-0.3, -0.25) is 15.3 Å². The van der Waals surface area contributed by atoms with E-state index in [2.05, 4.69) is 30.6 Å². The molecule has 0 saturated heterocycles. The molecule has 3 aromatic rings. The molecule has 0 bridgehead atoms. The van der Waals surface area contributed by atoms with Crippen molar-refractivity contribution in [2.75, 3.05) is 5.43 Å². The minimum atomic E-state index is -0.256. The van der Waals surface area contributed by atoms with Gasteiger partial charge in [0, 0.05) is 11.6 Å². The molecule has 8 heteroatoms. The van der Waals surface area contributed by atoms with E-state index in [0.717, 1.165) is 15.9 Å². The molecule has 0 atom stereocenters. The monoisotopic (exact) mass is 394 g/mol. The Hall–Kier alpha value is -3.05. The number of rotatable bonds is 5. The zero-order valence-corrected chi connectivity index (χ0v) is 17.3. The van der Waals surface area contributed by atoms with E-state index in [0.29, 0.717) is 22.2 Å². The Morgan fingerprint density at radius 2 is 2.04 bits per heavy atom. The maximum atomic E-state index is 13.0. The van der Waals surface area contributed by atoms with Gasteiger partial charge in [0.05, 0.1) is 16.8 Å². The maximum absolute atomic E-state index is 13.0. The van der Waals surface area contributed by atoms with Crippen LogP contribution in [-0.4, -0.2) is 26.7 Å². The standard InChI is InChI=1S/C20H22N6OS/c1-11(2)14(16(27)19-22-12-9-7-8-10-13(12)28-19)23-25-18-15(21-6)17(24-26-18)20(3,4)5/h7-11H,1-5H3,(H2,24,25,26). The summed E-state index contributed by atoms with van der Waals surface area (Å²) in [5.74, 6) is -0.0285. The first-order valence-electron chi connectivity index (χ1n) is 8.92. The highest BCUT2D eigenvalue weighted by atomic mass is 32.1. The fraction of sp³-hybridized carbons (Fsp3) is 0.350. The number of nitrogens with zero attached hydrogens (tertiary/aromatic N) is 4. The Labute approximate surface area is 167 Å². The summed E-state index contributed by atoms with van der Waals surface area (Å²) in [6.07, 6.45) is 0. The van der Waals surface area contributed by atoms with Gasteiger partial charge in [-0.05, 0) is 17.5 Å². The highest BCUT2D eigenvalue weighted by molar-refractivity contribution is 7.21. The molecule has 2 heterocycles. The number of hydrazone groups is 1. The smallest absolute Gasteiger partial charge is 0.252 e. The van der Waals surface area contributed by atoms with Crippen LogP contribution in [0.2, 0.25) is 0 Å². The molecule has 0 unspecified atom stereocenters.